The maximum atomic E-state index is 12.9. The summed E-state index contributed by atoms with van der Waals surface area (Å²) < 4.78 is 27.1. The van der Waals surface area contributed by atoms with Gasteiger partial charge >= 0.3 is 0 Å². The molecule has 2 aromatic rings. The topological polar surface area (TPSA) is 101 Å². The Bertz CT molecular complexity index is 1050. The molecule has 0 radical (unpaired) electrons. The summed E-state index contributed by atoms with van der Waals surface area (Å²) in [6, 6.07) is 10.9. The summed E-state index contributed by atoms with van der Waals surface area (Å²) in [4.78, 5) is 25.6. The SMILES string of the molecule is CCN(CC)S(=O)(=O)c1ccc2c(c1)N(Cc1cccc([N+](=O)[O-])c1)C(=O)CS2. The van der Waals surface area contributed by atoms with E-state index in [0.717, 1.165) is 4.90 Å². The van der Waals surface area contributed by atoms with Crippen molar-refractivity contribution in [1.82, 2.24) is 4.31 Å². The highest BCUT2D eigenvalue weighted by atomic mass is 32.2. The first kappa shape index (κ1) is 21.3. The number of fused-ring (bicyclic) bond motifs is 1. The molecule has 0 aliphatic carbocycles. The zero-order valence-electron chi connectivity index (χ0n) is 16.1. The summed E-state index contributed by atoms with van der Waals surface area (Å²) in [5.41, 5.74) is 1.05. The van der Waals surface area contributed by atoms with Gasteiger partial charge in [0, 0.05) is 30.1 Å². The number of anilines is 1. The van der Waals surface area contributed by atoms with E-state index in [0.29, 0.717) is 24.3 Å². The first-order chi connectivity index (χ1) is 13.8. The third kappa shape index (κ3) is 4.29. The molecular formula is C19H21N3O5S2. The average molecular weight is 436 g/mol. The molecule has 1 aliphatic heterocycles. The number of sulfonamides is 1. The molecule has 0 bridgehead atoms. The van der Waals surface area contributed by atoms with Crippen molar-refractivity contribution in [2.24, 2.45) is 0 Å². The van der Waals surface area contributed by atoms with Crippen molar-refractivity contribution in [3.05, 3.63) is 58.1 Å². The molecule has 0 spiro atoms. The molecule has 0 aromatic heterocycles. The minimum atomic E-state index is -3.67. The van der Waals surface area contributed by atoms with E-state index in [-0.39, 0.29) is 28.8 Å². The second-order valence-electron chi connectivity index (χ2n) is 6.41. The third-order valence-electron chi connectivity index (χ3n) is 4.68. The van der Waals surface area contributed by atoms with Crippen molar-refractivity contribution in [2.45, 2.75) is 30.2 Å². The lowest BCUT2D eigenvalue weighted by atomic mass is 10.1. The fourth-order valence-electron chi connectivity index (χ4n) is 3.18. The molecule has 0 fully saturated rings. The summed E-state index contributed by atoms with van der Waals surface area (Å²) in [6.45, 7) is 4.37. The van der Waals surface area contributed by atoms with E-state index in [1.165, 1.54) is 39.2 Å². The van der Waals surface area contributed by atoms with Crippen molar-refractivity contribution in [1.29, 1.82) is 0 Å². The Balaban J connectivity index is 2.01. The molecule has 154 valence electrons. The number of thioether (sulfide) groups is 1. The zero-order valence-corrected chi connectivity index (χ0v) is 17.7. The van der Waals surface area contributed by atoms with E-state index in [1.54, 1.807) is 38.1 Å². The molecule has 0 saturated carbocycles. The number of amides is 1. The summed E-state index contributed by atoms with van der Waals surface area (Å²) in [5.74, 6) is 0.0516. The highest BCUT2D eigenvalue weighted by molar-refractivity contribution is 8.00. The van der Waals surface area contributed by atoms with Crippen LogP contribution in [-0.4, -0.2) is 42.4 Å². The first-order valence-corrected chi connectivity index (χ1v) is 11.5. The lowest BCUT2D eigenvalue weighted by Gasteiger charge is -2.30. The fraction of sp³-hybridized carbons (Fsp3) is 0.316. The Kier molecular flexibility index (Phi) is 6.25. The summed E-state index contributed by atoms with van der Waals surface area (Å²) in [6.07, 6.45) is 0. The largest absolute Gasteiger partial charge is 0.306 e. The number of carbonyl (C=O) groups is 1. The maximum absolute atomic E-state index is 12.9. The van der Waals surface area contributed by atoms with Gasteiger partial charge in [0.25, 0.3) is 5.69 Å². The Hall–Kier alpha value is -2.43. The van der Waals surface area contributed by atoms with E-state index in [2.05, 4.69) is 0 Å². The predicted octanol–water partition coefficient (Wildman–Crippen LogP) is 3.26. The first-order valence-electron chi connectivity index (χ1n) is 9.08. The molecule has 0 saturated heterocycles. The highest BCUT2D eigenvalue weighted by Gasteiger charge is 2.29. The van der Waals surface area contributed by atoms with Gasteiger partial charge in [-0.05, 0) is 23.8 Å². The normalized spacial score (nSPS) is 14.2. The van der Waals surface area contributed by atoms with E-state index < -0.39 is 14.9 Å². The lowest BCUT2D eigenvalue weighted by molar-refractivity contribution is -0.384. The number of carbonyl (C=O) groups excluding carboxylic acids is 1. The monoisotopic (exact) mass is 435 g/mol. The number of nitro groups is 1. The maximum Gasteiger partial charge on any atom is 0.269 e. The molecule has 29 heavy (non-hydrogen) atoms. The summed E-state index contributed by atoms with van der Waals surface area (Å²) in [7, 11) is -3.67. The molecule has 10 heteroatoms. The van der Waals surface area contributed by atoms with Gasteiger partial charge in [0.1, 0.15) is 0 Å². The van der Waals surface area contributed by atoms with Crippen molar-refractivity contribution in [3.63, 3.8) is 0 Å². The minimum absolute atomic E-state index is 0.0561. The molecule has 1 aliphatic rings. The standard InChI is InChI=1S/C19H21N3O5S2/c1-3-20(4-2)29(26,27)16-8-9-18-17(11-16)21(19(23)13-28-18)12-14-6-5-7-15(10-14)22(24)25/h5-11H,3-4,12-13H2,1-2H3. The number of hydrogen-bond donors (Lipinski definition) is 0. The van der Waals surface area contributed by atoms with Gasteiger partial charge in [-0.15, -0.1) is 11.8 Å². The third-order valence-corrected chi connectivity index (χ3v) is 7.77. The molecule has 0 atom stereocenters. The van der Waals surface area contributed by atoms with Crippen LogP contribution in [0.3, 0.4) is 0 Å². The Morgan fingerprint density at radius 2 is 1.90 bits per heavy atom. The van der Waals surface area contributed by atoms with Crippen molar-refractivity contribution < 1.29 is 18.1 Å². The second kappa shape index (κ2) is 8.52. The molecule has 3 rings (SSSR count). The second-order valence-corrected chi connectivity index (χ2v) is 9.37. The lowest BCUT2D eigenvalue weighted by Crippen LogP contribution is -2.35. The van der Waals surface area contributed by atoms with Gasteiger partial charge in [-0.3, -0.25) is 14.9 Å². The van der Waals surface area contributed by atoms with Crippen LogP contribution in [0.2, 0.25) is 0 Å². The Labute approximate surface area is 173 Å². The number of nitrogens with zero attached hydrogens (tertiary/aromatic N) is 3. The van der Waals surface area contributed by atoms with Crippen molar-refractivity contribution >= 4 is 39.1 Å². The Morgan fingerprint density at radius 1 is 1.17 bits per heavy atom. The van der Waals surface area contributed by atoms with Crippen LogP contribution in [0, 0.1) is 10.1 Å². The van der Waals surface area contributed by atoms with E-state index in [1.807, 2.05) is 0 Å². The number of hydrogen-bond acceptors (Lipinski definition) is 6. The minimum Gasteiger partial charge on any atom is -0.306 e. The van der Waals surface area contributed by atoms with Crippen LogP contribution in [0.1, 0.15) is 19.4 Å². The Morgan fingerprint density at radius 3 is 2.55 bits per heavy atom. The van der Waals surface area contributed by atoms with Gasteiger partial charge in [-0.2, -0.15) is 4.31 Å². The van der Waals surface area contributed by atoms with Gasteiger partial charge in [-0.25, -0.2) is 8.42 Å². The number of benzene rings is 2. The van der Waals surface area contributed by atoms with Gasteiger partial charge in [0.15, 0.2) is 0 Å². The van der Waals surface area contributed by atoms with Crippen molar-refractivity contribution in [2.75, 3.05) is 23.7 Å². The quantitative estimate of drug-likeness (QED) is 0.489. The van der Waals surface area contributed by atoms with Crippen LogP contribution in [-0.2, 0) is 21.4 Å². The summed E-state index contributed by atoms with van der Waals surface area (Å²) >= 11 is 1.35. The van der Waals surface area contributed by atoms with Gasteiger partial charge < -0.3 is 4.90 Å². The predicted molar refractivity (Wildman–Crippen MR) is 112 cm³/mol. The van der Waals surface area contributed by atoms with Gasteiger partial charge in [0.05, 0.1) is 27.8 Å². The van der Waals surface area contributed by atoms with Crippen LogP contribution in [0.5, 0.6) is 0 Å². The van der Waals surface area contributed by atoms with E-state index in [4.69, 9.17) is 0 Å². The average Bonchev–Trinajstić information content (AvgIpc) is 2.70. The molecule has 2 aromatic carbocycles. The van der Waals surface area contributed by atoms with E-state index in [9.17, 15) is 23.3 Å². The molecular weight excluding hydrogens is 414 g/mol. The van der Waals surface area contributed by atoms with Gasteiger partial charge in [0.2, 0.25) is 15.9 Å². The number of rotatable bonds is 7. The number of non-ortho nitro benzene ring substituents is 1. The van der Waals surface area contributed by atoms with E-state index >= 15 is 0 Å². The van der Waals surface area contributed by atoms with Crippen LogP contribution in [0.25, 0.3) is 0 Å². The van der Waals surface area contributed by atoms with Crippen molar-refractivity contribution in [3.8, 4) is 0 Å². The fourth-order valence-corrected chi connectivity index (χ4v) is 5.57. The molecule has 0 unspecified atom stereocenters. The van der Waals surface area contributed by atoms with Crippen LogP contribution >= 0.6 is 11.8 Å². The molecule has 1 heterocycles. The number of nitro benzene ring substituents is 1. The smallest absolute Gasteiger partial charge is 0.269 e. The molecule has 0 N–H and O–H groups in total. The summed E-state index contributed by atoms with van der Waals surface area (Å²) in [5, 5.41) is 11.0. The molecule has 8 nitrogen and oxygen atoms in total. The van der Waals surface area contributed by atoms with Crippen LogP contribution in [0.15, 0.2) is 52.3 Å². The zero-order chi connectivity index (χ0) is 21.2. The van der Waals surface area contributed by atoms with Crippen LogP contribution in [0.4, 0.5) is 11.4 Å². The molecule has 1 amide bonds. The van der Waals surface area contributed by atoms with Gasteiger partial charge in [-0.1, -0.05) is 26.0 Å². The highest BCUT2D eigenvalue weighted by Crippen LogP contribution is 2.38. The van der Waals surface area contributed by atoms with Crippen LogP contribution < -0.4 is 4.90 Å².